The van der Waals surface area contributed by atoms with Gasteiger partial charge in [0, 0.05) is 6.42 Å². The van der Waals surface area contributed by atoms with Crippen LogP contribution in [0.4, 0.5) is 0 Å². The molecule has 0 aliphatic rings. The van der Waals surface area contributed by atoms with Gasteiger partial charge in [-0.25, -0.2) is 0 Å². The summed E-state index contributed by atoms with van der Waals surface area (Å²) >= 11 is 3.39. The fourth-order valence-corrected chi connectivity index (χ4v) is 1.48. The van der Waals surface area contributed by atoms with Crippen LogP contribution in [0.1, 0.15) is 12.0 Å². The van der Waals surface area contributed by atoms with E-state index in [0.717, 1.165) is 23.1 Å². The first-order valence-electron chi connectivity index (χ1n) is 4.04. The molecule has 0 bridgehead atoms. The summed E-state index contributed by atoms with van der Waals surface area (Å²) in [4.78, 5) is 0. The van der Waals surface area contributed by atoms with E-state index in [9.17, 15) is 0 Å². The monoisotopic (exact) mass is 238 g/mol. The van der Waals surface area contributed by atoms with Crippen molar-refractivity contribution in [2.24, 2.45) is 0 Å². The second kappa shape index (κ2) is 4.94. The van der Waals surface area contributed by atoms with Gasteiger partial charge in [0.05, 0.1) is 11.6 Å². The molecule has 0 radical (unpaired) electrons. The molecular weight excluding hydrogens is 228 g/mol. The van der Waals surface area contributed by atoms with Crippen molar-refractivity contribution in [1.82, 2.24) is 0 Å². The van der Waals surface area contributed by atoms with Crippen molar-refractivity contribution < 1.29 is 4.74 Å². The van der Waals surface area contributed by atoms with Crippen LogP contribution < -0.4 is 4.74 Å². The third-order valence-electron chi connectivity index (χ3n) is 1.77. The minimum absolute atomic E-state index is 0.769. The van der Waals surface area contributed by atoms with Gasteiger partial charge in [0.15, 0.2) is 0 Å². The van der Waals surface area contributed by atoms with E-state index in [1.807, 2.05) is 18.2 Å². The highest BCUT2D eigenvalue weighted by Crippen LogP contribution is 2.25. The number of hydrogen-bond acceptors (Lipinski definition) is 1. The van der Waals surface area contributed by atoms with Gasteiger partial charge in [0.1, 0.15) is 5.75 Å². The zero-order valence-corrected chi connectivity index (χ0v) is 9.10. The molecule has 0 N–H and O–H groups in total. The van der Waals surface area contributed by atoms with E-state index >= 15 is 0 Å². The van der Waals surface area contributed by atoms with Gasteiger partial charge in [-0.05, 0) is 40.0 Å². The van der Waals surface area contributed by atoms with E-state index in [2.05, 4.69) is 21.9 Å². The van der Waals surface area contributed by atoms with Crippen molar-refractivity contribution in [2.45, 2.75) is 12.8 Å². The molecular formula is C11H11BrO. The van der Waals surface area contributed by atoms with E-state index in [0.29, 0.717) is 0 Å². The normalized spacial score (nSPS) is 9.31. The molecule has 68 valence electrons. The maximum absolute atomic E-state index is 5.19. The van der Waals surface area contributed by atoms with Crippen LogP contribution in [-0.2, 0) is 6.42 Å². The number of terminal acetylenes is 1. The second-order valence-electron chi connectivity index (χ2n) is 2.67. The van der Waals surface area contributed by atoms with Gasteiger partial charge in [0.25, 0.3) is 0 Å². The lowest BCUT2D eigenvalue weighted by Gasteiger charge is -2.05. The maximum Gasteiger partial charge on any atom is 0.133 e. The fourth-order valence-electron chi connectivity index (χ4n) is 1.08. The first-order chi connectivity index (χ1) is 6.27. The average molecular weight is 239 g/mol. The molecule has 1 nitrogen and oxygen atoms in total. The molecule has 0 aliphatic heterocycles. The minimum Gasteiger partial charge on any atom is -0.496 e. The third-order valence-corrected chi connectivity index (χ3v) is 2.43. The number of halogens is 1. The summed E-state index contributed by atoms with van der Waals surface area (Å²) in [5.74, 6) is 3.47. The molecule has 0 atom stereocenters. The summed E-state index contributed by atoms with van der Waals surface area (Å²) in [5, 5.41) is 0. The number of aryl methyl sites for hydroxylation is 1. The average Bonchev–Trinajstić information content (AvgIpc) is 2.16. The number of rotatable bonds is 3. The van der Waals surface area contributed by atoms with Crippen LogP contribution >= 0.6 is 15.9 Å². The molecule has 0 fully saturated rings. The van der Waals surface area contributed by atoms with Crippen LogP contribution in [0.2, 0.25) is 0 Å². The second-order valence-corrected chi connectivity index (χ2v) is 3.53. The molecule has 0 aliphatic carbocycles. The summed E-state index contributed by atoms with van der Waals surface area (Å²) in [6.07, 6.45) is 6.86. The molecule has 0 heterocycles. The van der Waals surface area contributed by atoms with Crippen LogP contribution in [-0.4, -0.2) is 7.11 Å². The van der Waals surface area contributed by atoms with Crippen LogP contribution in [0.3, 0.4) is 0 Å². The number of hydrogen-bond donors (Lipinski definition) is 0. The smallest absolute Gasteiger partial charge is 0.133 e. The van der Waals surface area contributed by atoms with Gasteiger partial charge in [0.2, 0.25) is 0 Å². The zero-order chi connectivity index (χ0) is 9.68. The van der Waals surface area contributed by atoms with E-state index in [1.54, 1.807) is 7.11 Å². The molecule has 1 aromatic rings. The van der Waals surface area contributed by atoms with E-state index < -0.39 is 0 Å². The largest absolute Gasteiger partial charge is 0.496 e. The Hall–Kier alpha value is -0.940. The quantitative estimate of drug-likeness (QED) is 0.736. The van der Waals surface area contributed by atoms with E-state index in [-0.39, 0.29) is 0 Å². The van der Waals surface area contributed by atoms with Crippen molar-refractivity contribution in [3.63, 3.8) is 0 Å². The Kier molecular flexibility index (Phi) is 3.85. The zero-order valence-electron chi connectivity index (χ0n) is 7.51. The molecule has 1 aromatic carbocycles. The van der Waals surface area contributed by atoms with Crippen molar-refractivity contribution in [3.8, 4) is 18.1 Å². The lowest BCUT2D eigenvalue weighted by atomic mass is 10.1. The molecule has 0 saturated carbocycles. The van der Waals surface area contributed by atoms with Gasteiger partial charge in [-0.2, -0.15) is 0 Å². The molecule has 0 saturated heterocycles. The standard InChI is InChI=1S/C11H11BrO/c1-3-4-5-9-6-7-10(12)11(8-9)13-2/h1,6-8H,4-5H2,2H3. The molecule has 13 heavy (non-hydrogen) atoms. The first-order valence-corrected chi connectivity index (χ1v) is 4.83. The van der Waals surface area contributed by atoms with E-state index in [4.69, 9.17) is 11.2 Å². The van der Waals surface area contributed by atoms with Gasteiger partial charge in [-0.15, -0.1) is 12.3 Å². The van der Waals surface area contributed by atoms with Crippen LogP contribution in [0.5, 0.6) is 5.75 Å². The predicted molar refractivity (Wildman–Crippen MR) is 57.8 cm³/mol. The lowest BCUT2D eigenvalue weighted by Crippen LogP contribution is -1.88. The molecule has 0 unspecified atom stereocenters. The van der Waals surface area contributed by atoms with Crippen molar-refractivity contribution in [3.05, 3.63) is 28.2 Å². The van der Waals surface area contributed by atoms with Gasteiger partial charge < -0.3 is 4.74 Å². The number of ether oxygens (including phenoxy) is 1. The molecule has 0 aromatic heterocycles. The van der Waals surface area contributed by atoms with Crippen LogP contribution in [0.15, 0.2) is 22.7 Å². The Morgan fingerprint density at radius 2 is 2.31 bits per heavy atom. The number of methoxy groups -OCH3 is 1. The highest BCUT2D eigenvalue weighted by Gasteiger charge is 2.00. The van der Waals surface area contributed by atoms with Crippen molar-refractivity contribution in [1.29, 1.82) is 0 Å². The molecule has 1 rings (SSSR count). The van der Waals surface area contributed by atoms with Crippen molar-refractivity contribution >= 4 is 15.9 Å². The summed E-state index contributed by atoms with van der Waals surface area (Å²) in [6, 6.07) is 6.02. The van der Waals surface area contributed by atoms with Gasteiger partial charge >= 0.3 is 0 Å². The highest BCUT2D eigenvalue weighted by molar-refractivity contribution is 9.10. The Morgan fingerprint density at radius 1 is 1.54 bits per heavy atom. The summed E-state index contributed by atoms with van der Waals surface area (Å²) < 4.78 is 6.14. The summed E-state index contributed by atoms with van der Waals surface area (Å²) in [6.45, 7) is 0. The SMILES string of the molecule is C#CCCc1ccc(Br)c(OC)c1. The third kappa shape index (κ3) is 2.78. The van der Waals surface area contributed by atoms with Gasteiger partial charge in [-0.3, -0.25) is 0 Å². The molecule has 0 amide bonds. The summed E-state index contributed by atoms with van der Waals surface area (Å²) in [5.41, 5.74) is 1.21. The minimum atomic E-state index is 0.769. The fraction of sp³-hybridized carbons (Fsp3) is 0.273. The molecule has 2 heteroatoms. The van der Waals surface area contributed by atoms with Gasteiger partial charge in [-0.1, -0.05) is 6.07 Å². The predicted octanol–water partition coefficient (Wildman–Crippen LogP) is 3.02. The van der Waals surface area contributed by atoms with Crippen LogP contribution in [0.25, 0.3) is 0 Å². The first kappa shape index (κ1) is 10.1. The topological polar surface area (TPSA) is 9.23 Å². The highest BCUT2D eigenvalue weighted by atomic mass is 79.9. The van der Waals surface area contributed by atoms with Crippen molar-refractivity contribution in [2.75, 3.05) is 7.11 Å². The van der Waals surface area contributed by atoms with E-state index in [1.165, 1.54) is 5.56 Å². The Bertz CT molecular complexity index is 325. The Balaban J connectivity index is 2.81. The number of benzene rings is 1. The van der Waals surface area contributed by atoms with Crippen LogP contribution in [0, 0.1) is 12.3 Å². The lowest BCUT2D eigenvalue weighted by molar-refractivity contribution is 0.411. The maximum atomic E-state index is 5.19. The Morgan fingerprint density at radius 3 is 2.92 bits per heavy atom. The molecule has 0 spiro atoms. The summed E-state index contributed by atoms with van der Waals surface area (Å²) in [7, 11) is 1.66. The Labute approximate surface area is 87.2 Å².